The fourth-order valence-electron chi connectivity index (χ4n) is 1.79. The molecule has 0 aliphatic rings. The van der Waals surface area contributed by atoms with Gasteiger partial charge in [0.25, 0.3) is 5.91 Å². The van der Waals surface area contributed by atoms with E-state index in [1.807, 2.05) is 6.26 Å². The second kappa shape index (κ2) is 8.96. The van der Waals surface area contributed by atoms with E-state index >= 15 is 0 Å². The van der Waals surface area contributed by atoms with E-state index < -0.39 is 0 Å². The van der Waals surface area contributed by atoms with Crippen molar-refractivity contribution in [2.24, 2.45) is 0 Å². The SMILES string of the molecule is C=CCNC(=O)c1sc(NC(CC)COC)c(SC)c1N. The van der Waals surface area contributed by atoms with Gasteiger partial charge >= 0.3 is 0 Å². The predicted octanol–water partition coefficient (Wildman–Crippen LogP) is 2.80. The van der Waals surface area contributed by atoms with Gasteiger partial charge < -0.3 is 21.1 Å². The molecule has 1 rings (SSSR count). The first kappa shape index (κ1) is 17.9. The second-order valence-corrected chi connectivity index (χ2v) is 6.25. The Morgan fingerprint density at radius 2 is 2.33 bits per heavy atom. The Hall–Kier alpha value is -1.18. The van der Waals surface area contributed by atoms with Crippen LogP contribution in [0.1, 0.15) is 23.0 Å². The van der Waals surface area contributed by atoms with Crippen LogP contribution in [0.25, 0.3) is 0 Å². The Bertz CT molecular complexity index is 489. The Morgan fingerprint density at radius 3 is 2.86 bits per heavy atom. The minimum atomic E-state index is -0.166. The average molecular weight is 329 g/mol. The molecule has 7 heteroatoms. The van der Waals surface area contributed by atoms with Crippen molar-refractivity contribution in [2.75, 3.05) is 37.6 Å². The van der Waals surface area contributed by atoms with Gasteiger partial charge in [0.15, 0.2) is 0 Å². The lowest BCUT2D eigenvalue weighted by Gasteiger charge is -2.16. The van der Waals surface area contributed by atoms with Crippen molar-refractivity contribution in [1.29, 1.82) is 0 Å². The average Bonchev–Trinajstić information content (AvgIpc) is 2.80. The molecule has 0 aliphatic carbocycles. The van der Waals surface area contributed by atoms with Crippen LogP contribution in [-0.4, -0.2) is 38.5 Å². The zero-order valence-corrected chi connectivity index (χ0v) is 14.3. The number of methoxy groups -OCH3 is 1. The Labute approximate surface area is 134 Å². The molecule has 1 atom stereocenters. The van der Waals surface area contributed by atoms with Gasteiger partial charge in [-0.1, -0.05) is 13.0 Å². The highest BCUT2D eigenvalue weighted by Crippen LogP contribution is 2.42. The Kier molecular flexibility index (Phi) is 7.63. The first-order chi connectivity index (χ1) is 10.1. The number of thioether (sulfide) groups is 1. The summed E-state index contributed by atoms with van der Waals surface area (Å²) in [6.45, 7) is 6.71. The number of carbonyl (C=O) groups excluding carboxylic acids is 1. The van der Waals surface area contributed by atoms with Gasteiger partial charge in [-0.2, -0.15) is 0 Å². The normalized spacial score (nSPS) is 12.0. The van der Waals surface area contributed by atoms with Crippen molar-refractivity contribution in [3.8, 4) is 0 Å². The van der Waals surface area contributed by atoms with Gasteiger partial charge in [0, 0.05) is 19.7 Å². The summed E-state index contributed by atoms with van der Waals surface area (Å²) in [7, 11) is 1.68. The van der Waals surface area contributed by atoms with Gasteiger partial charge in [-0.3, -0.25) is 4.79 Å². The molecule has 21 heavy (non-hydrogen) atoms. The summed E-state index contributed by atoms with van der Waals surface area (Å²) in [5.41, 5.74) is 6.64. The largest absolute Gasteiger partial charge is 0.396 e. The minimum Gasteiger partial charge on any atom is -0.396 e. The summed E-state index contributed by atoms with van der Waals surface area (Å²) in [6.07, 6.45) is 4.52. The van der Waals surface area contributed by atoms with Gasteiger partial charge in [-0.05, 0) is 12.7 Å². The van der Waals surface area contributed by atoms with Crippen LogP contribution in [0.3, 0.4) is 0 Å². The van der Waals surface area contributed by atoms with Crippen LogP contribution in [0.4, 0.5) is 10.7 Å². The Morgan fingerprint density at radius 1 is 1.62 bits per heavy atom. The molecule has 0 saturated carbocycles. The molecule has 1 unspecified atom stereocenters. The maximum absolute atomic E-state index is 12.1. The van der Waals surface area contributed by atoms with E-state index in [1.165, 1.54) is 23.1 Å². The number of carbonyl (C=O) groups is 1. The quantitative estimate of drug-likeness (QED) is 0.480. The van der Waals surface area contributed by atoms with Gasteiger partial charge in [0.2, 0.25) is 0 Å². The van der Waals surface area contributed by atoms with E-state index in [-0.39, 0.29) is 11.9 Å². The molecule has 0 spiro atoms. The molecule has 0 radical (unpaired) electrons. The zero-order chi connectivity index (χ0) is 15.8. The van der Waals surface area contributed by atoms with Crippen LogP contribution in [0.15, 0.2) is 17.6 Å². The lowest BCUT2D eigenvalue weighted by molar-refractivity contribution is 0.0963. The summed E-state index contributed by atoms with van der Waals surface area (Å²) in [4.78, 5) is 13.5. The van der Waals surface area contributed by atoms with Crippen molar-refractivity contribution in [2.45, 2.75) is 24.3 Å². The smallest absolute Gasteiger partial charge is 0.263 e. The third-order valence-electron chi connectivity index (χ3n) is 2.91. The van der Waals surface area contributed by atoms with Crippen LogP contribution < -0.4 is 16.4 Å². The molecule has 0 saturated heterocycles. The molecule has 1 amide bonds. The van der Waals surface area contributed by atoms with E-state index in [4.69, 9.17) is 10.5 Å². The highest BCUT2D eigenvalue weighted by molar-refractivity contribution is 7.99. The van der Waals surface area contributed by atoms with Crippen LogP contribution in [-0.2, 0) is 4.74 Å². The van der Waals surface area contributed by atoms with Crippen molar-refractivity contribution in [1.82, 2.24) is 5.32 Å². The summed E-state index contributed by atoms with van der Waals surface area (Å²) < 4.78 is 5.19. The summed E-state index contributed by atoms with van der Waals surface area (Å²) in [6, 6.07) is 0.197. The van der Waals surface area contributed by atoms with Crippen LogP contribution in [0.5, 0.6) is 0 Å². The van der Waals surface area contributed by atoms with Crippen molar-refractivity contribution < 1.29 is 9.53 Å². The number of rotatable bonds is 9. The number of hydrogen-bond donors (Lipinski definition) is 3. The van der Waals surface area contributed by atoms with Crippen molar-refractivity contribution in [3.05, 3.63) is 17.5 Å². The van der Waals surface area contributed by atoms with E-state index in [0.29, 0.717) is 23.7 Å². The predicted molar refractivity (Wildman–Crippen MR) is 92.6 cm³/mol. The standard InChI is InChI=1S/C14H23N3O2S2/c1-5-7-16-13(18)11-10(15)12(20-4)14(21-11)17-9(6-2)8-19-3/h5,9,17H,1,6-8,15H2,2-4H3,(H,16,18). The molecule has 1 heterocycles. The fraction of sp³-hybridized carbons (Fsp3) is 0.500. The first-order valence-electron chi connectivity index (χ1n) is 6.69. The van der Waals surface area contributed by atoms with Crippen molar-refractivity contribution >= 4 is 39.7 Å². The maximum Gasteiger partial charge on any atom is 0.263 e. The van der Waals surface area contributed by atoms with E-state index in [0.717, 1.165) is 16.3 Å². The number of nitrogens with one attached hydrogen (secondary N) is 2. The van der Waals surface area contributed by atoms with Crippen molar-refractivity contribution in [3.63, 3.8) is 0 Å². The molecule has 4 N–H and O–H groups in total. The highest BCUT2D eigenvalue weighted by Gasteiger charge is 2.21. The molecule has 118 valence electrons. The van der Waals surface area contributed by atoms with E-state index in [9.17, 15) is 4.79 Å². The molecule has 0 aromatic carbocycles. The highest BCUT2D eigenvalue weighted by atomic mass is 32.2. The number of nitrogens with two attached hydrogens (primary N) is 1. The van der Waals surface area contributed by atoms with E-state index in [2.05, 4.69) is 24.1 Å². The number of hydrogen-bond acceptors (Lipinski definition) is 6. The number of ether oxygens (including phenoxy) is 1. The first-order valence-corrected chi connectivity index (χ1v) is 8.73. The van der Waals surface area contributed by atoms with Gasteiger partial charge in [0.1, 0.15) is 9.88 Å². The van der Waals surface area contributed by atoms with E-state index in [1.54, 1.807) is 13.2 Å². The summed E-state index contributed by atoms with van der Waals surface area (Å²) >= 11 is 2.92. The second-order valence-electron chi connectivity index (χ2n) is 4.41. The number of anilines is 2. The summed E-state index contributed by atoms with van der Waals surface area (Å²) in [5.74, 6) is -0.166. The van der Waals surface area contributed by atoms with Gasteiger partial charge in [-0.25, -0.2) is 0 Å². The maximum atomic E-state index is 12.1. The van der Waals surface area contributed by atoms with Crippen LogP contribution in [0.2, 0.25) is 0 Å². The molecule has 0 bridgehead atoms. The Balaban J connectivity index is 2.99. The lowest BCUT2D eigenvalue weighted by atomic mass is 10.2. The third kappa shape index (κ3) is 4.66. The molecule has 5 nitrogen and oxygen atoms in total. The number of nitrogen functional groups attached to an aromatic ring is 1. The number of thiophene rings is 1. The lowest BCUT2D eigenvalue weighted by Crippen LogP contribution is -2.23. The molecular weight excluding hydrogens is 306 g/mol. The molecule has 1 aromatic heterocycles. The van der Waals surface area contributed by atoms with Crippen LogP contribution >= 0.6 is 23.1 Å². The topological polar surface area (TPSA) is 76.4 Å². The zero-order valence-electron chi connectivity index (χ0n) is 12.7. The minimum absolute atomic E-state index is 0.166. The molecule has 0 aliphatic heterocycles. The monoisotopic (exact) mass is 329 g/mol. The summed E-state index contributed by atoms with van der Waals surface area (Å²) in [5, 5.41) is 7.10. The molecular formula is C14H23N3O2S2. The number of amides is 1. The molecule has 0 fully saturated rings. The molecule has 1 aromatic rings. The van der Waals surface area contributed by atoms with Gasteiger partial charge in [0.05, 0.1) is 17.2 Å². The fourth-order valence-corrected chi connectivity index (χ4v) is 3.80. The van der Waals surface area contributed by atoms with Gasteiger partial charge in [-0.15, -0.1) is 29.7 Å². The third-order valence-corrected chi connectivity index (χ3v) is 5.01. The van der Waals surface area contributed by atoms with Crippen LogP contribution in [0, 0.1) is 0 Å².